The molecule has 0 spiro atoms. The minimum absolute atomic E-state index is 0.685. The van der Waals surface area contributed by atoms with Crippen molar-refractivity contribution in [2.45, 2.75) is 234 Å². The molecule has 0 aliphatic heterocycles. The van der Waals surface area contributed by atoms with E-state index in [-0.39, 0.29) is 0 Å². The fraction of sp³-hybridized carbons (Fsp3) is 1.00. The van der Waals surface area contributed by atoms with E-state index in [9.17, 15) is 334 Å². The summed E-state index contributed by atoms with van der Waals surface area (Å²) < 4.78 is 1070. The summed E-state index contributed by atoms with van der Waals surface area (Å²) >= 11 is 0. The monoisotopic (exact) mass is 2350 g/mol. The van der Waals surface area contributed by atoms with E-state index in [4.69, 9.17) is 10.2 Å². The number of aliphatic hydroxyl groups is 2. The Morgan fingerprint density at radius 1 is 0.0845 bits per heavy atom. The molecule has 0 amide bonds. The zero-order chi connectivity index (χ0) is 115. The first kappa shape index (κ1) is 136. The Balaban J connectivity index is 6.70. The normalized spacial score (nSPS) is 16.7. The number of aliphatic hydroxyl groups excluding tert-OH is 2. The van der Waals surface area contributed by atoms with E-state index < -0.39 is 247 Å². The number of hydrogen-bond donors (Lipinski definition) is 2. The van der Waals surface area contributed by atoms with Crippen molar-refractivity contribution in [3.05, 3.63) is 0 Å². The molecular weight excluding hydrogens is 2340 g/mol. The first-order valence-electron chi connectivity index (χ1n) is 28.8. The molecule has 0 bridgehead atoms. The van der Waals surface area contributed by atoms with E-state index >= 15 is 0 Å². The number of alkyl halides is 76. The van der Waals surface area contributed by atoms with Crippen LogP contribution in [0.25, 0.3) is 0 Å². The summed E-state index contributed by atoms with van der Waals surface area (Å²) in [5, 5.41) is 15.9. The maximum absolute atomic E-state index is 14.0. The topological polar surface area (TPSA) is 262 Å². The lowest BCUT2D eigenvalue weighted by Gasteiger charge is -2.38. The molecule has 26 nitrogen and oxygen atoms in total. The predicted octanol–water partition coefficient (Wildman–Crippen LogP) is 21.5. The molecule has 2 N–H and O–H groups in total. The zero-order valence-corrected chi connectivity index (χ0v) is 59.8. The highest BCUT2D eigenvalue weighted by atomic mass is 19.4. The third-order valence-corrected chi connectivity index (χ3v) is 10.8. The lowest BCUT2D eigenvalue weighted by Crippen LogP contribution is -2.63. The molecule has 0 heterocycles. The second-order valence-electron chi connectivity index (χ2n) is 22.1. The highest BCUT2D eigenvalue weighted by Crippen LogP contribution is 2.62. The van der Waals surface area contributed by atoms with Crippen LogP contribution in [0.1, 0.15) is 0 Å². The molecule has 0 rings (SSSR count). The fourth-order valence-corrected chi connectivity index (χ4v) is 5.50. The third-order valence-electron chi connectivity index (χ3n) is 10.8. The molecule has 0 fully saturated rings. The number of rotatable bonds is 63. The van der Waals surface area contributed by atoms with Gasteiger partial charge in [0.15, 0.2) is 0 Å². The smallest absolute Gasteiger partial charge is 0.387 e. The zero-order valence-electron chi connectivity index (χ0n) is 59.8. The van der Waals surface area contributed by atoms with Crippen molar-refractivity contribution in [2.75, 3.05) is 13.2 Å². The number of ether oxygens (including phenoxy) is 24. The number of hydrogen-bond acceptors (Lipinski definition) is 26. The average Bonchev–Trinajstić information content (AvgIpc) is 0.740. The summed E-state index contributed by atoms with van der Waals surface area (Å²) in [5.74, 6) is 0. The summed E-state index contributed by atoms with van der Waals surface area (Å²) in [6.07, 6.45) is -321. The van der Waals surface area contributed by atoms with Gasteiger partial charge in [0.1, 0.15) is 13.2 Å². The molecule has 0 aromatic carbocycles. The SMILES string of the molecule is OCC(F)(F)OC(F)(F)OC(F)(F)OC(F)(F)OC(F)(F)OC(F)(F)OC(F)(F)OC(F)(F)OC(F)(F)OC(F)(F)OC(F)(F)OC(F)(F)C(F)(F)OC(F)(F)C(F)(F)OC(F)(F)C(F)(F)OC(F)(F)C(F)(F)OC(F)(F)C(F)(F)OC(F)(F)C(F)(F)OC(F)(F)C(F)(F)OC(F)(F)C(F)(F)OC(F)(F)C(F)(F)OC(F)(F)C(F)(F)OC(F)(F)C(F)(F)OC(F)(F)C(F)(F)OC(F)(F)C(F)(F)OC(F)(F)CO. The van der Waals surface area contributed by atoms with Gasteiger partial charge in [-0.3, -0.25) is 0 Å². The van der Waals surface area contributed by atoms with Crippen LogP contribution in [-0.4, -0.2) is 257 Å². The van der Waals surface area contributed by atoms with E-state index in [0.717, 1.165) is 42.6 Å². The lowest BCUT2D eigenvalue weighted by atomic mass is 10.4. The summed E-state index contributed by atoms with van der Waals surface area (Å²) in [5.41, 5.74) is 0. The quantitative estimate of drug-likeness (QED) is 0.0423. The molecular formula is C40H6F76O26. The molecule has 854 valence electrons. The van der Waals surface area contributed by atoms with Crippen LogP contribution in [0.5, 0.6) is 0 Å². The molecule has 0 saturated carbocycles. The van der Waals surface area contributed by atoms with Gasteiger partial charge in [-0.1, -0.05) is 0 Å². The Labute approximate surface area is 706 Å². The summed E-state index contributed by atoms with van der Waals surface area (Å²) in [6.45, 7) is -6.23. The van der Waals surface area contributed by atoms with Gasteiger partial charge in [-0.2, -0.15) is 246 Å². The van der Waals surface area contributed by atoms with Gasteiger partial charge in [-0.25, -0.2) is 114 Å². The van der Waals surface area contributed by atoms with Crippen LogP contribution < -0.4 is 0 Å². The highest BCUT2D eigenvalue weighted by Gasteiger charge is 2.87. The minimum Gasteiger partial charge on any atom is -0.387 e. The molecule has 102 heteroatoms. The van der Waals surface area contributed by atoms with Crippen molar-refractivity contribution in [3.8, 4) is 0 Å². The molecule has 0 aliphatic carbocycles. The van der Waals surface area contributed by atoms with Crippen LogP contribution in [-0.2, 0) is 114 Å². The van der Waals surface area contributed by atoms with Gasteiger partial charge in [0.25, 0.3) is 0 Å². The van der Waals surface area contributed by atoms with E-state index in [1.54, 1.807) is 14.2 Å². The van der Waals surface area contributed by atoms with Crippen molar-refractivity contribution < 1.29 is 458 Å². The number of halogens is 76. The van der Waals surface area contributed by atoms with Gasteiger partial charge in [0, 0.05) is 0 Å². The first-order chi connectivity index (χ1) is 60.3. The molecule has 0 aromatic heterocycles. The van der Waals surface area contributed by atoms with Gasteiger partial charge in [0.05, 0.1) is 0 Å². The second-order valence-corrected chi connectivity index (χ2v) is 22.1. The van der Waals surface area contributed by atoms with Crippen molar-refractivity contribution in [2.24, 2.45) is 0 Å². The molecule has 0 aromatic rings. The summed E-state index contributed by atoms with van der Waals surface area (Å²) in [6, 6.07) is 0. The van der Waals surface area contributed by atoms with Crippen LogP contribution >= 0.6 is 0 Å². The summed E-state index contributed by atoms with van der Waals surface area (Å²) in [4.78, 5) is 0. The van der Waals surface area contributed by atoms with Crippen molar-refractivity contribution in [1.29, 1.82) is 0 Å². The Hall–Kier alpha value is -6.36. The van der Waals surface area contributed by atoms with Crippen molar-refractivity contribution in [3.63, 3.8) is 0 Å². The van der Waals surface area contributed by atoms with E-state index in [2.05, 4.69) is 0 Å². The van der Waals surface area contributed by atoms with Crippen LogP contribution in [0.4, 0.5) is 334 Å². The predicted molar refractivity (Wildman–Crippen MR) is 228 cm³/mol. The molecule has 0 unspecified atom stereocenters. The van der Waals surface area contributed by atoms with Crippen LogP contribution in [0.3, 0.4) is 0 Å². The molecule has 142 heavy (non-hydrogen) atoms. The molecule has 0 radical (unpaired) electrons. The van der Waals surface area contributed by atoms with E-state index in [1.807, 2.05) is 4.74 Å². The Morgan fingerprint density at radius 3 is 0.239 bits per heavy atom. The third kappa shape index (κ3) is 34.6. The lowest BCUT2D eigenvalue weighted by molar-refractivity contribution is -0.654. The fourth-order valence-electron chi connectivity index (χ4n) is 5.50. The maximum atomic E-state index is 14.0. The largest absolute Gasteiger partial charge is 0.498 e. The second kappa shape index (κ2) is 39.2. The minimum atomic E-state index is -9.20. The Bertz CT molecular complexity index is 4110. The molecule has 0 atom stereocenters. The Morgan fingerprint density at radius 2 is 0.148 bits per heavy atom. The van der Waals surface area contributed by atoms with Crippen LogP contribution in [0.15, 0.2) is 0 Å². The summed E-state index contributed by atoms with van der Waals surface area (Å²) in [7, 11) is 0. The highest BCUT2D eigenvalue weighted by molar-refractivity contribution is 4.88. The van der Waals surface area contributed by atoms with Crippen molar-refractivity contribution in [1.82, 2.24) is 0 Å². The Kier molecular flexibility index (Phi) is 37.5. The molecule has 0 saturated heterocycles. The van der Waals surface area contributed by atoms with Gasteiger partial charge in [-0.15, -0.1) is 87.8 Å². The van der Waals surface area contributed by atoms with Gasteiger partial charge in [0.2, 0.25) is 0 Å². The van der Waals surface area contributed by atoms with E-state index in [1.165, 1.54) is 28.4 Å². The average molecular weight is 2350 g/mol. The van der Waals surface area contributed by atoms with Crippen molar-refractivity contribution >= 4 is 0 Å². The van der Waals surface area contributed by atoms with Gasteiger partial charge < -0.3 is 10.2 Å². The van der Waals surface area contributed by atoms with Gasteiger partial charge >= 0.3 is 234 Å². The van der Waals surface area contributed by atoms with E-state index in [0.29, 0.717) is 23.7 Å². The first-order valence-corrected chi connectivity index (χ1v) is 28.8. The van der Waals surface area contributed by atoms with Crippen LogP contribution in [0.2, 0.25) is 0 Å². The van der Waals surface area contributed by atoms with Crippen LogP contribution in [0, 0.1) is 0 Å². The maximum Gasteiger partial charge on any atom is 0.498 e. The molecule has 0 aliphatic rings. The standard InChI is InChI=1S/C40H6F76O26/c41-3(42,1-117)119-5(45,46)6(47,48)121-7(49,50)8(51,52)122-9(53,54)10(55,56)123-11(57,58)12(59,60)124-13(61,62)14(63,64)125-15(65,66)16(67,68)126-17(69,70)18(71,72)127-19(73,74)20(75,76)128-21(77,78)22(79,80)129-23(81,82)24(83,84)130-25(85,86)26(87,88)131-27(89,90)28(91,92)132-29(93,94)30(95,96)133-32(99,100)135-34(103,104)137-36(107,108)139-38(111,112)141-40(115,116)142-39(113,114)140-37(109,110)138-35(105,106)136-33(101,102)134-31(97,98)120-4(43,44)2-118/h117-118H,1-2H2. The van der Waals surface area contributed by atoms with Gasteiger partial charge in [-0.05, 0) is 0 Å².